The van der Waals surface area contributed by atoms with Crippen LogP contribution in [0.15, 0.2) is 64.5 Å². The fourth-order valence-corrected chi connectivity index (χ4v) is 3.39. The van der Waals surface area contributed by atoms with Gasteiger partial charge in [0.1, 0.15) is 11.6 Å². The van der Waals surface area contributed by atoms with E-state index in [0.717, 1.165) is 5.69 Å². The Bertz CT molecular complexity index is 1170. The van der Waals surface area contributed by atoms with Crippen molar-refractivity contribution in [1.29, 1.82) is 5.26 Å². The van der Waals surface area contributed by atoms with Crippen molar-refractivity contribution in [3.63, 3.8) is 0 Å². The van der Waals surface area contributed by atoms with Crippen LogP contribution in [-0.2, 0) is 11.8 Å². The third kappa shape index (κ3) is 3.76. The average molecular weight is 405 g/mol. The smallest absolute Gasteiger partial charge is 0.236 e. The third-order valence-electron chi connectivity index (χ3n) is 4.06. The first-order valence-electron chi connectivity index (χ1n) is 8.57. The zero-order valence-corrected chi connectivity index (χ0v) is 16.1. The van der Waals surface area contributed by atoms with Gasteiger partial charge in [0.05, 0.1) is 23.9 Å². The molecule has 1 amide bonds. The van der Waals surface area contributed by atoms with Crippen LogP contribution >= 0.6 is 11.8 Å². The van der Waals surface area contributed by atoms with Crippen LogP contribution < -0.4 is 5.32 Å². The molecule has 3 heterocycles. The van der Waals surface area contributed by atoms with Crippen LogP contribution in [0, 0.1) is 11.3 Å². The maximum absolute atomic E-state index is 12.5. The van der Waals surface area contributed by atoms with Crippen molar-refractivity contribution in [2.75, 3.05) is 11.1 Å². The molecule has 3 aromatic heterocycles. The molecule has 0 fully saturated rings. The van der Waals surface area contributed by atoms with E-state index in [1.807, 2.05) is 30.3 Å². The summed E-state index contributed by atoms with van der Waals surface area (Å²) in [5, 5.41) is 25.1. The first-order valence-corrected chi connectivity index (χ1v) is 9.55. The standard InChI is InChI=1S/C19H15N7O2S/c1-25-18(15-8-5-9-28-15)23-24-19(25)29-12-16(27)22-17-13(10-20)11-21-26(17)14-6-3-2-4-7-14/h2-9,11H,12H2,1H3,(H,22,27). The van der Waals surface area contributed by atoms with E-state index < -0.39 is 0 Å². The summed E-state index contributed by atoms with van der Waals surface area (Å²) >= 11 is 1.23. The molecule has 0 radical (unpaired) electrons. The fourth-order valence-electron chi connectivity index (χ4n) is 2.67. The van der Waals surface area contributed by atoms with Gasteiger partial charge >= 0.3 is 0 Å². The van der Waals surface area contributed by atoms with Crippen LogP contribution in [0.25, 0.3) is 17.3 Å². The Hall–Kier alpha value is -3.84. The molecule has 9 nitrogen and oxygen atoms in total. The minimum absolute atomic E-state index is 0.0922. The van der Waals surface area contributed by atoms with E-state index in [1.165, 1.54) is 22.6 Å². The van der Waals surface area contributed by atoms with Crippen molar-refractivity contribution in [3.8, 4) is 23.3 Å². The molecule has 0 atom stereocenters. The first kappa shape index (κ1) is 18.5. The Labute approximate surface area is 170 Å². The molecule has 0 aliphatic carbocycles. The second-order valence-electron chi connectivity index (χ2n) is 5.95. The molecular weight excluding hydrogens is 390 g/mol. The van der Waals surface area contributed by atoms with Crippen molar-refractivity contribution in [2.24, 2.45) is 7.05 Å². The van der Waals surface area contributed by atoms with E-state index in [1.54, 1.807) is 30.0 Å². The Morgan fingerprint density at radius 1 is 1.24 bits per heavy atom. The van der Waals surface area contributed by atoms with Crippen LogP contribution in [0.1, 0.15) is 5.56 Å². The first-order chi connectivity index (χ1) is 14.2. The molecule has 0 bridgehead atoms. The number of hydrogen-bond acceptors (Lipinski definition) is 7. The number of rotatable bonds is 6. The van der Waals surface area contributed by atoms with Gasteiger partial charge in [-0.3, -0.25) is 4.79 Å². The quantitative estimate of drug-likeness (QED) is 0.491. The van der Waals surface area contributed by atoms with E-state index in [4.69, 9.17) is 4.42 Å². The number of furan rings is 1. The van der Waals surface area contributed by atoms with Crippen molar-refractivity contribution in [1.82, 2.24) is 24.5 Å². The molecule has 1 N–H and O–H groups in total. The molecule has 0 unspecified atom stereocenters. The lowest BCUT2D eigenvalue weighted by molar-refractivity contribution is -0.113. The number of para-hydroxylation sites is 1. The normalized spacial score (nSPS) is 10.6. The summed E-state index contributed by atoms with van der Waals surface area (Å²) in [6.07, 6.45) is 2.99. The molecule has 29 heavy (non-hydrogen) atoms. The van der Waals surface area contributed by atoms with Gasteiger partial charge in [-0.2, -0.15) is 10.4 Å². The molecule has 144 valence electrons. The number of aromatic nitrogens is 5. The Balaban J connectivity index is 1.48. The van der Waals surface area contributed by atoms with Gasteiger partial charge in [-0.05, 0) is 24.3 Å². The number of amides is 1. The average Bonchev–Trinajstić information content (AvgIpc) is 3.47. The van der Waals surface area contributed by atoms with E-state index in [-0.39, 0.29) is 17.2 Å². The zero-order chi connectivity index (χ0) is 20.2. The number of nitrogens with zero attached hydrogens (tertiary/aromatic N) is 6. The summed E-state index contributed by atoms with van der Waals surface area (Å²) in [6, 6.07) is 14.9. The number of benzene rings is 1. The number of anilines is 1. The van der Waals surface area contributed by atoms with Gasteiger partial charge in [-0.25, -0.2) is 4.68 Å². The highest BCUT2D eigenvalue weighted by atomic mass is 32.2. The summed E-state index contributed by atoms with van der Waals surface area (Å²) in [6.45, 7) is 0. The van der Waals surface area contributed by atoms with Gasteiger partial charge in [0.15, 0.2) is 22.6 Å². The summed E-state index contributed by atoms with van der Waals surface area (Å²) in [4.78, 5) is 12.5. The van der Waals surface area contributed by atoms with Crippen LogP contribution in [-0.4, -0.2) is 36.2 Å². The largest absolute Gasteiger partial charge is 0.461 e. The van der Waals surface area contributed by atoms with Crippen molar-refractivity contribution in [3.05, 3.63) is 60.5 Å². The predicted molar refractivity (Wildman–Crippen MR) is 106 cm³/mol. The van der Waals surface area contributed by atoms with Crippen LogP contribution in [0.5, 0.6) is 0 Å². The van der Waals surface area contributed by atoms with Gasteiger partial charge in [0.2, 0.25) is 5.91 Å². The second kappa shape index (κ2) is 8.04. The van der Waals surface area contributed by atoms with Gasteiger partial charge in [0.25, 0.3) is 0 Å². The van der Waals surface area contributed by atoms with Gasteiger partial charge in [-0.15, -0.1) is 10.2 Å². The van der Waals surface area contributed by atoms with Gasteiger partial charge < -0.3 is 14.3 Å². The maximum Gasteiger partial charge on any atom is 0.236 e. The number of carbonyl (C=O) groups is 1. The van der Waals surface area contributed by atoms with E-state index >= 15 is 0 Å². The van der Waals surface area contributed by atoms with Gasteiger partial charge in [-0.1, -0.05) is 30.0 Å². The molecule has 0 saturated carbocycles. The Morgan fingerprint density at radius 3 is 2.79 bits per heavy atom. The number of nitrogens with one attached hydrogen (secondary N) is 1. The lowest BCUT2D eigenvalue weighted by atomic mass is 10.3. The van der Waals surface area contributed by atoms with E-state index in [0.29, 0.717) is 22.6 Å². The predicted octanol–water partition coefficient (Wildman–Crippen LogP) is 2.86. The Morgan fingerprint density at radius 2 is 2.07 bits per heavy atom. The zero-order valence-electron chi connectivity index (χ0n) is 15.3. The maximum atomic E-state index is 12.5. The SMILES string of the molecule is Cn1c(SCC(=O)Nc2c(C#N)cnn2-c2ccccc2)nnc1-c1ccco1. The highest BCUT2D eigenvalue weighted by Crippen LogP contribution is 2.24. The van der Waals surface area contributed by atoms with Crippen molar-refractivity contribution >= 4 is 23.5 Å². The monoisotopic (exact) mass is 405 g/mol. The molecule has 10 heteroatoms. The molecule has 1 aromatic carbocycles. The molecular formula is C19H15N7O2S. The number of carbonyl (C=O) groups excluding carboxylic acids is 1. The highest BCUT2D eigenvalue weighted by molar-refractivity contribution is 7.99. The summed E-state index contributed by atoms with van der Waals surface area (Å²) in [7, 11) is 1.80. The Kier molecular flexibility index (Phi) is 5.13. The summed E-state index contributed by atoms with van der Waals surface area (Å²) < 4.78 is 8.62. The van der Waals surface area contributed by atoms with Crippen LogP contribution in [0.2, 0.25) is 0 Å². The molecule has 0 aliphatic heterocycles. The molecule has 0 saturated heterocycles. The number of thioether (sulfide) groups is 1. The van der Waals surface area contributed by atoms with Crippen molar-refractivity contribution < 1.29 is 9.21 Å². The lowest BCUT2D eigenvalue weighted by Crippen LogP contribution is -2.18. The molecule has 0 spiro atoms. The second-order valence-corrected chi connectivity index (χ2v) is 6.89. The fraction of sp³-hybridized carbons (Fsp3) is 0.105. The molecule has 4 aromatic rings. The van der Waals surface area contributed by atoms with Crippen LogP contribution in [0.4, 0.5) is 5.82 Å². The van der Waals surface area contributed by atoms with E-state index in [2.05, 4.69) is 26.7 Å². The number of nitriles is 1. The van der Waals surface area contributed by atoms with E-state index in [9.17, 15) is 10.1 Å². The lowest BCUT2D eigenvalue weighted by Gasteiger charge is -2.09. The summed E-state index contributed by atoms with van der Waals surface area (Å²) in [5.41, 5.74) is 1.03. The van der Waals surface area contributed by atoms with Crippen LogP contribution in [0.3, 0.4) is 0 Å². The minimum atomic E-state index is -0.285. The molecule has 0 aliphatic rings. The molecule has 4 rings (SSSR count). The third-order valence-corrected chi connectivity index (χ3v) is 5.08. The summed E-state index contributed by atoms with van der Waals surface area (Å²) in [5.74, 6) is 1.31. The van der Waals surface area contributed by atoms with Gasteiger partial charge in [0, 0.05) is 7.05 Å². The van der Waals surface area contributed by atoms with Crippen molar-refractivity contribution in [2.45, 2.75) is 5.16 Å². The minimum Gasteiger partial charge on any atom is -0.461 e. The number of hydrogen-bond donors (Lipinski definition) is 1. The topological polar surface area (TPSA) is 115 Å². The highest BCUT2D eigenvalue weighted by Gasteiger charge is 2.17.